The summed E-state index contributed by atoms with van der Waals surface area (Å²) in [5.41, 5.74) is 0.576. The van der Waals surface area contributed by atoms with Crippen LogP contribution in [0, 0.1) is 5.82 Å². The summed E-state index contributed by atoms with van der Waals surface area (Å²) in [6.07, 6.45) is 4.57. The number of rotatable bonds is 10. The zero-order chi connectivity index (χ0) is 25.7. The van der Waals surface area contributed by atoms with E-state index in [1.54, 1.807) is 30.3 Å². The van der Waals surface area contributed by atoms with Gasteiger partial charge in [-0.25, -0.2) is 9.11 Å². The molecule has 11 heteroatoms. The number of carbonyl (C=O) groups is 2. The molecule has 2 aliphatic rings. The predicted octanol–water partition coefficient (Wildman–Crippen LogP) is 3.54. The number of nitrogens with zero attached hydrogens (tertiary/aromatic N) is 2. The number of nitrogens with one attached hydrogen (secondary N) is 2. The second-order valence-corrected chi connectivity index (χ2v) is 11.2. The van der Waals surface area contributed by atoms with E-state index in [9.17, 15) is 22.4 Å². The molecule has 1 aliphatic carbocycles. The molecule has 2 fully saturated rings. The number of carbonyl (C=O) groups excluding carboxylic acids is 2. The van der Waals surface area contributed by atoms with Gasteiger partial charge in [0.05, 0.1) is 0 Å². The molecule has 0 unspecified atom stereocenters. The lowest BCUT2D eigenvalue weighted by Gasteiger charge is -2.34. The molecule has 2 aromatic carbocycles. The molecule has 1 aliphatic heterocycles. The first-order valence-corrected chi connectivity index (χ1v) is 14.0. The molecule has 1 saturated carbocycles. The summed E-state index contributed by atoms with van der Waals surface area (Å²) in [5.74, 6) is -1.53. The third-order valence-electron chi connectivity index (χ3n) is 6.38. The summed E-state index contributed by atoms with van der Waals surface area (Å²) in [5, 5.41) is 3.35. The van der Waals surface area contributed by atoms with Crippen molar-refractivity contribution in [2.75, 3.05) is 24.5 Å². The molecule has 2 N–H and O–H groups in total. The minimum absolute atomic E-state index is 0.0277. The van der Waals surface area contributed by atoms with Gasteiger partial charge in [-0.3, -0.25) is 14.5 Å². The molecule has 4 rings (SSSR count). The first kappa shape index (κ1) is 26.5. The molecule has 8 nitrogen and oxygen atoms in total. The van der Waals surface area contributed by atoms with Crippen LogP contribution in [0.25, 0.3) is 0 Å². The van der Waals surface area contributed by atoms with E-state index in [1.807, 2.05) is 0 Å². The van der Waals surface area contributed by atoms with Crippen LogP contribution in [0.4, 0.5) is 10.1 Å². The molecule has 0 spiro atoms. The molecular weight excluding hydrogens is 507 g/mol. The van der Waals surface area contributed by atoms with Crippen LogP contribution in [-0.2, 0) is 19.8 Å². The van der Waals surface area contributed by atoms with Crippen LogP contribution >= 0.6 is 11.6 Å². The third-order valence-corrected chi connectivity index (χ3v) is 8.34. The summed E-state index contributed by atoms with van der Waals surface area (Å²) < 4.78 is 42.2. The van der Waals surface area contributed by atoms with E-state index in [0.717, 1.165) is 32.1 Å². The van der Waals surface area contributed by atoms with Crippen molar-refractivity contribution >= 4 is 39.3 Å². The number of hydrogen-bond acceptors (Lipinski definition) is 4. The zero-order valence-electron chi connectivity index (χ0n) is 19.8. The number of benzene rings is 2. The van der Waals surface area contributed by atoms with Crippen molar-refractivity contribution < 1.29 is 22.4 Å². The van der Waals surface area contributed by atoms with Crippen LogP contribution < -0.4 is 14.9 Å². The van der Waals surface area contributed by atoms with E-state index in [-0.39, 0.29) is 29.7 Å². The standard InChI is InChI=1S/C25H30ClFN4O4S/c26-22-12-5-4-11-21(22)24(25(33)29-19-8-2-1-3-9-19)31(20-10-6-7-18(27)17-20)23(32)13-14-28-36(34,35)30-15-16-30/h4-7,10-12,17,19,24,28H,1-3,8-9,13-16H2,(H,29,33)/t24-/m1/s1. The van der Waals surface area contributed by atoms with Gasteiger partial charge >= 0.3 is 0 Å². The van der Waals surface area contributed by atoms with Crippen LogP contribution in [-0.4, -0.2) is 50.2 Å². The van der Waals surface area contributed by atoms with E-state index in [0.29, 0.717) is 18.7 Å². The molecule has 1 atom stereocenters. The summed E-state index contributed by atoms with van der Waals surface area (Å²) >= 11 is 6.49. The van der Waals surface area contributed by atoms with E-state index in [2.05, 4.69) is 10.0 Å². The zero-order valence-corrected chi connectivity index (χ0v) is 21.4. The molecule has 0 bridgehead atoms. The lowest BCUT2D eigenvalue weighted by Crippen LogP contribution is -2.48. The molecular formula is C25H30ClFN4O4S. The maximum absolute atomic E-state index is 14.3. The van der Waals surface area contributed by atoms with Crippen LogP contribution in [0.1, 0.15) is 50.1 Å². The van der Waals surface area contributed by atoms with Crippen molar-refractivity contribution in [3.8, 4) is 0 Å². The monoisotopic (exact) mass is 536 g/mol. The van der Waals surface area contributed by atoms with E-state index in [4.69, 9.17) is 11.6 Å². The Morgan fingerprint density at radius 2 is 1.81 bits per heavy atom. The topological polar surface area (TPSA) is 98.6 Å². The average molecular weight is 537 g/mol. The normalized spacial score (nSPS) is 17.4. The summed E-state index contributed by atoms with van der Waals surface area (Å²) in [4.78, 5) is 28.5. The Morgan fingerprint density at radius 1 is 1.08 bits per heavy atom. The fourth-order valence-electron chi connectivity index (χ4n) is 4.46. The van der Waals surface area contributed by atoms with Gasteiger partial charge in [-0.2, -0.15) is 12.7 Å². The predicted molar refractivity (Wildman–Crippen MR) is 136 cm³/mol. The van der Waals surface area contributed by atoms with Crippen LogP contribution in [0.15, 0.2) is 48.5 Å². The van der Waals surface area contributed by atoms with E-state index < -0.39 is 33.9 Å². The Bertz CT molecular complexity index is 1200. The third kappa shape index (κ3) is 6.61. The largest absolute Gasteiger partial charge is 0.351 e. The Morgan fingerprint density at radius 3 is 2.47 bits per heavy atom. The molecule has 194 valence electrons. The van der Waals surface area contributed by atoms with Crippen molar-refractivity contribution in [1.29, 1.82) is 0 Å². The van der Waals surface area contributed by atoms with Crippen LogP contribution in [0.3, 0.4) is 0 Å². The maximum atomic E-state index is 14.3. The number of anilines is 1. The van der Waals surface area contributed by atoms with Gasteiger partial charge < -0.3 is 5.32 Å². The Balaban J connectivity index is 1.66. The highest BCUT2D eigenvalue weighted by Gasteiger charge is 2.36. The maximum Gasteiger partial charge on any atom is 0.279 e. The van der Waals surface area contributed by atoms with Gasteiger partial charge in [-0.1, -0.05) is 55.1 Å². The van der Waals surface area contributed by atoms with Crippen molar-refractivity contribution in [2.45, 2.75) is 50.6 Å². The van der Waals surface area contributed by atoms with Crippen molar-refractivity contribution in [3.63, 3.8) is 0 Å². The minimum atomic E-state index is -3.64. The first-order chi connectivity index (χ1) is 17.3. The van der Waals surface area contributed by atoms with Gasteiger partial charge in [0.1, 0.15) is 11.9 Å². The molecule has 36 heavy (non-hydrogen) atoms. The van der Waals surface area contributed by atoms with Gasteiger partial charge in [-0.15, -0.1) is 0 Å². The smallest absolute Gasteiger partial charge is 0.279 e. The highest BCUT2D eigenvalue weighted by atomic mass is 35.5. The van der Waals surface area contributed by atoms with Crippen molar-refractivity contribution in [1.82, 2.24) is 14.3 Å². The number of amides is 2. The molecule has 2 aromatic rings. The first-order valence-electron chi connectivity index (χ1n) is 12.1. The lowest BCUT2D eigenvalue weighted by molar-refractivity contribution is -0.127. The molecule has 1 heterocycles. The summed E-state index contributed by atoms with van der Waals surface area (Å²) in [6, 6.07) is 11.0. The summed E-state index contributed by atoms with van der Waals surface area (Å²) in [7, 11) is -3.64. The molecule has 2 amide bonds. The lowest BCUT2D eigenvalue weighted by atomic mass is 9.94. The fourth-order valence-corrected chi connectivity index (χ4v) is 5.81. The Kier molecular flexibility index (Phi) is 8.61. The minimum Gasteiger partial charge on any atom is -0.351 e. The second kappa shape index (κ2) is 11.7. The van der Waals surface area contributed by atoms with Gasteiger partial charge in [0.25, 0.3) is 10.2 Å². The Hall–Kier alpha value is -2.53. The number of hydrogen-bond donors (Lipinski definition) is 2. The Labute approximate surface area is 216 Å². The van der Waals surface area contributed by atoms with Crippen molar-refractivity contribution in [2.24, 2.45) is 0 Å². The SMILES string of the molecule is O=C(NC1CCCCC1)[C@@H](c1ccccc1Cl)N(C(=O)CCNS(=O)(=O)N1CC1)c1cccc(F)c1. The van der Waals surface area contributed by atoms with Gasteiger partial charge in [0, 0.05) is 48.4 Å². The van der Waals surface area contributed by atoms with Crippen LogP contribution in [0.2, 0.25) is 5.02 Å². The second-order valence-electron chi connectivity index (χ2n) is 9.06. The van der Waals surface area contributed by atoms with E-state index in [1.165, 1.54) is 27.4 Å². The van der Waals surface area contributed by atoms with Crippen LogP contribution in [0.5, 0.6) is 0 Å². The molecule has 1 saturated heterocycles. The van der Waals surface area contributed by atoms with Crippen molar-refractivity contribution in [3.05, 3.63) is 64.9 Å². The van der Waals surface area contributed by atoms with Gasteiger partial charge in [0.2, 0.25) is 11.8 Å². The van der Waals surface area contributed by atoms with Gasteiger partial charge in [0.15, 0.2) is 0 Å². The average Bonchev–Trinajstić information content (AvgIpc) is 3.70. The molecule has 0 radical (unpaired) electrons. The van der Waals surface area contributed by atoms with E-state index >= 15 is 0 Å². The molecule has 0 aromatic heterocycles. The highest BCUT2D eigenvalue weighted by molar-refractivity contribution is 7.87. The number of halogens is 2. The fraction of sp³-hybridized carbons (Fsp3) is 0.440. The summed E-state index contributed by atoms with van der Waals surface area (Å²) in [6.45, 7) is 0.714. The quantitative estimate of drug-likeness (QED) is 0.454. The van der Waals surface area contributed by atoms with Gasteiger partial charge in [-0.05, 0) is 37.1 Å². The highest BCUT2D eigenvalue weighted by Crippen LogP contribution is 2.33.